The minimum atomic E-state index is -0.598. The van der Waals surface area contributed by atoms with Crippen LogP contribution in [0.5, 0.6) is 0 Å². The molecule has 1 unspecified atom stereocenters. The van der Waals surface area contributed by atoms with E-state index >= 15 is 0 Å². The number of amides is 1. The minimum absolute atomic E-state index is 0.141. The Kier molecular flexibility index (Phi) is 4.33. The van der Waals surface area contributed by atoms with Gasteiger partial charge >= 0.3 is 5.69 Å². The summed E-state index contributed by atoms with van der Waals surface area (Å²) in [6.07, 6.45) is 2.89. The first kappa shape index (κ1) is 15.2. The van der Waals surface area contributed by atoms with Crippen LogP contribution in [0.2, 0.25) is 0 Å². The molecule has 120 valence electrons. The van der Waals surface area contributed by atoms with Crippen LogP contribution in [-0.4, -0.2) is 39.9 Å². The Morgan fingerprint density at radius 1 is 1.39 bits per heavy atom. The van der Waals surface area contributed by atoms with Crippen molar-refractivity contribution in [2.24, 2.45) is 0 Å². The van der Waals surface area contributed by atoms with Gasteiger partial charge in [0.25, 0.3) is 5.91 Å². The number of benzene rings is 1. The van der Waals surface area contributed by atoms with E-state index in [4.69, 9.17) is 4.74 Å². The molecule has 8 heteroatoms. The highest BCUT2D eigenvalue weighted by atomic mass is 16.6. The molecule has 0 saturated carbocycles. The highest BCUT2D eigenvalue weighted by molar-refractivity contribution is 5.96. The molecular formula is C15H16N4O4. The van der Waals surface area contributed by atoms with Gasteiger partial charge in [0.1, 0.15) is 6.20 Å². The number of hydrogen-bond acceptors (Lipinski definition) is 5. The number of nitrogens with one attached hydrogen (secondary N) is 1. The van der Waals surface area contributed by atoms with E-state index < -0.39 is 10.8 Å². The fourth-order valence-electron chi connectivity index (χ4n) is 2.48. The maximum absolute atomic E-state index is 12.3. The number of ether oxygens (including phenoxy) is 1. The molecule has 1 aromatic carbocycles. The van der Waals surface area contributed by atoms with Crippen molar-refractivity contribution in [2.75, 3.05) is 13.2 Å². The fourth-order valence-corrected chi connectivity index (χ4v) is 2.48. The molecule has 1 amide bonds. The first-order chi connectivity index (χ1) is 11.1. The molecule has 0 bridgehead atoms. The van der Waals surface area contributed by atoms with Crippen LogP contribution < -0.4 is 5.32 Å². The first-order valence-corrected chi connectivity index (χ1v) is 7.33. The molecule has 1 aliphatic rings. The highest BCUT2D eigenvalue weighted by Gasteiger charge is 2.28. The molecular weight excluding hydrogens is 300 g/mol. The van der Waals surface area contributed by atoms with Crippen molar-refractivity contribution in [3.8, 4) is 5.69 Å². The molecule has 0 radical (unpaired) electrons. The lowest BCUT2D eigenvalue weighted by Gasteiger charge is -2.22. The molecule has 8 nitrogen and oxygen atoms in total. The van der Waals surface area contributed by atoms with E-state index in [1.165, 1.54) is 10.9 Å². The van der Waals surface area contributed by atoms with Gasteiger partial charge in [-0.2, -0.15) is 5.10 Å². The maximum atomic E-state index is 12.3. The predicted molar refractivity (Wildman–Crippen MR) is 81.5 cm³/mol. The number of nitrogens with zero attached hydrogens (tertiary/aromatic N) is 3. The number of rotatable bonds is 4. The summed E-state index contributed by atoms with van der Waals surface area (Å²) in [5.74, 6) is -0.554. The maximum Gasteiger partial charge on any atom is 0.320 e. The predicted octanol–water partition coefficient (Wildman–Crippen LogP) is 1.69. The van der Waals surface area contributed by atoms with Gasteiger partial charge in [0.2, 0.25) is 5.69 Å². The quantitative estimate of drug-likeness (QED) is 0.683. The van der Waals surface area contributed by atoms with E-state index in [-0.39, 0.29) is 17.4 Å². The summed E-state index contributed by atoms with van der Waals surface area (Å²) in [5, 5.41) is 18.1. The van der Waals surface area contributed by atoms with E-state index in [0.717, 1.165) is 12.8 Å². The van der Waals surface area contributed by atoms with Crippen molar-refractivity contribution in [1.29, 1.82) is 0 Å². The Balaban J connectivity index is 1.86. The van der Waals surface area contributed by atoms with Gasteiger partial charge in [0.05, 0.1) is 23.3 Å². The SMILES string of the molecule is O=C(NC1CCCOC1)c1nn(-c2ccccc2)cc1[N+](=O)[O-]. The molecule has 1 aliphatic heterocycles. The smallest absolute Gasteiger partial charge is 0.320 e. The topological polar surface area (TPSA) is 99.3 Å². The first-order valence-electron chi connectivity index (χ1n) is 7.33. The van der Waals surface area contributed by atoms with Gasteiger partial charge in [0, 0.05) is 6.61 Å². The van der Waals surface area contributed by atoms with E-state index in [1.54, 1.807) is 24.3 Å². The second-order valence-corrected chi connectivity index (χ2v) is 5.29. The molecule has 3 rings (SSSR count). The van der Waals surface area contributed by atoms with Crippen LogP contribution in [-0.2, 0) is 4.74 Å². The number of para-hydroxylation sites is 1. The Morgan fingerprint density at radius 2 is 2.17 bits per heavy atom. The van der Waals surface area contributed by atoms with Crippen molar-refractivity contribution < 1.29 is 14.5 Å². The molecule has 1 fully saturated rings. The van der Waals surface area contributed by atoms with Gasteiger partial charge in [-0.05, 0) is 25.0 Å². The normalized spacial score (nSPS) is 17.7. The zero-order valence-corrected chi connectivity index (χ0v) is 12.3. The number of aromatic nitrogens is 2. The molecule has 1 aromatic heterocycles. The number of carbonyl (C=O) groups excluding carboxylic acids is 1. The molecule has 0 spiro atoms. The van der Waals surface area contributed by atoms with Crippen LogP contribution in [0, 0.1) is 10.1 Å². The molecule has 23 heavy (non-hydrogen) atoms. The molecule has 1 atom stereocenters. The number of nitro groups is 1. The zero-order valence-electron chi connectivity index (χ0n) is 12.3. The van der Waals surface area contributed by atoms with E-state index in [9.17, 15) is 14.9 Å². The van der Waals surface area contributed by atoms with Gasteiger partial charge in [-0.3, -0.25) is 14.9 Å². The van der Waals surface area contributed by atoms with Gasteiger partial charge < -0.3 is 10.1 Å². The summed E-state index contributed by atoms with van der Waals surface area (Å²) in [7, 11) is 0. The standard InChI is InChI=1S/C15H16N4O4/c20-15(16-11-5-4-8-23-10-11)14-13(19(21)22)9-18(17-14)12-6-2-1-3-7-12/h1-3,6-7,9,11H,4-5,8,10H2,(H,16,20). The molecule has 2 aromatic rings. The van der Waals surface area contributed by atoms with E-state index in [2.05, 4.69) is 10.4 Å². The van der Waals surface area contributed by atoms with Crippen LogP contribution in [0.3, 0.4) is 0 Å². The Morgan fingerprint density at radius 3 is 2.83 bits per heavy atom. The second-order valence-electron chi connectivity index (χ2n) is 5.29. The van der Waals surface area contributed by atoms with Crippen molar-refractivity contribution in [1.82, 2.24) is 15.1 Å². The Hall–Kier alpha value is -2.74. The largest absolute Gasteiger partial charge is 0.379 e. The summed E-state index contributed by atoms with van der Waals surface area (Å²) >= 11 is 0. The van der Waals surface area contributed by atoms with Crippen LogP contribution in [0.4, 0.5) is 5.69 Å². The third-order valence-electron chi connectivity index (χ3n) is 3.62. The van der Waals surface area contributed by atoms with Gasteiger partial charge in [-0.1, -0.05) is 18.2 Å². The van der Waals surface area contributed by atoms with Crippen molar-refractivity contribution in [3.05, 3.63) is 52.3 Å². The van der Waals surface area contributed by atoms with Gasteiger partial charge in [-0.25, -0.2) is 4.68 Å². The van der Waals surface area contributed by atoms with Gasteiger partial charge in [0.15, 0.2) is 0 Å². The average Bonchev–Trinajstić information content (AvgIpc) is 3.02. The Bertz CT molecular complexity index is 708. The lowest BCUT2D eigenvalue weighted by Crippen LogP contribution is -2.41. The second kappa shape index (κ2) is 6.57. The van der Waals surface area contributed by atoms with E-state index in [0.29, 0.717) is 18.9 Å². The van der Waals surface area contributed by atoms with Crippen LogP contribution in [0.25, 0.3) is 5.69 Å². The van der Waals surface area contributed by atoms with Crippen molar-refractivity contribution >= 4 is 11.6 Å². The molecule has 0 aliphatic carbocycles. The lowest BCUT2D eigenvalue weighted by atomic mass is 10.1. The summed E-state index contributed by atoms with van der Waals surface area (Å²) in [5.41, 5.74) is 0.142. The summed E-state index contributed by atoms with van der Waals surface area (Å²) in [6.45, 7) is 1.09. The third kappa shape index (κ3) is 3.37. The Labute approximate surface area is 132 Å². The van der Waals surface area contributed by atoms with Gasteiger partial charge in [-0.15, -0.1) is 0 Å². The highest BCUT2D eigenvalue weighted by Crippen LogP contribution is 2.20. The average molecular weight is 316 g/mol. The molecule has 2 heterocycles. The summed E-state index contributed by atoms with van der Waals surface area (Å²) < 4.78 is 6.63. The lowest BCUT2D eigenvalue weighted by molar-refractivity contribution is -0.385. The van der Waals surface area contributed by atoms with Crippen LogP contribution in [0.1, 0.15) is 23.3 Å². The summed E-state index contributed by atoms with van der Waals surface area (Å²) in [6, 6.07) is 8.79. The van der Waals surface area contributed by atoms with Crippen molar-refractivity contribution in [2.45, 2.75) is 18.9 Å². The number of hydrogen-bond donors (Lipinski definition) is 1. The van der Waals surface area contributed by atoms with Crippen molar-refractivity contribution in [3.63, 3.8) is 0 Å². The summed E-state index contributed by atoms with van der Waals surface area (Å²) in [4.78, 5) is 22.9. The van der Waals surface area contributed by atoms with E-state index in [1.807, 2.05) is 6.07 Å². The minimum Gasteiger partial charge on any atom is -0.379 e. The number of carbonyl (C=O) groups is 1. The molecule has 1 N–H and O–H groups in total. The van der Waals surface area contributed by atoms with Crippen LogP contribution >= 0.6 is 0 Å². The van der Waals surface area contributed by atoms with Crippen LogP contribution in [0.15, 0.2) is 36.5 Å². The fraction of sp³-hybridized carbons (Fsp3) is 0.333. The molecule has 1 saturated heterocycles. The zero-order chi connectivity index (χ0) is 16.2. The monoisotopic (exact) mass is 316 g/mol. The third-order valence-corrected chi connectivity index (χ3v) is 3.62.